The number of furan rings is 1. The molecule has 0 N–H and O–H groups in total. The molecule has 0 fully saturated rings. The molecule has 6 aromatic rings. The molecule has 0 saturated carbocycles. The maximum Gasteiger partial charge on any atom is 0.144 e. The van der Waals surface area contributed by atoms with E-state index in [4.69, 9.17) is 5.79 Å². The minimum atomic E-state index is -0.692. The molecule has 0 bridgehead atoms. The fourth-order valence-corrected chi connectivity index (χ4v) is 4.58. The highest BCUT2D eigenvalue weighted by Gasteiger charge is 2.14. The molecule has 0 unspecified atom stereocenters. The van der Waals surface area contributed by atoms with Crippen molar-refractivity contribution in [2.75, 3.05) is 0 Å². The molecule has 4 aromatic carbocycles. The fraction of sp³-hybridized carbons (Fsp3) is 0.0938. The molecule has 0 atom stereocenters. The summed E-state index contributed by atoms with van der Waals surface area (Å²) in [6, 6.07) is 35.6. The molecule has 6 rings (SSSR count). The summed E-state index contributed by atoms with van der Waals surface area (Å²) < 4.78 is 14.9. The number of rotatable bonds is 4. The predicted molar refractivity (Wildman–Crippen MR) is 142 cm³/mol. The second kappa shape index (κ2) is 8.31. The first kappa shape index (κ1) is 19.3. The van der Waals surface area contributed by atoms with Crippen molar-refractivity contribution in [2.24, 2.45) is 0 Å². The van der Waals surface area contributed by atoms with Gasteiger partial charge in [-0.15, -0.1) is 0 Å². The molecule has 0 aliphatic rings. The first-order chi connectivity index (χ1) is 17.0. The van der Waals surface area contributed by atoms with E-state index < -0.39 is 5.89 Å². The number of para-hydroxylation sites is 1. The minimum absolute atomic E-state index is 0.692. The Hall–Kier alpha value is -4.17. The van der Waals surface area contributed by atoms with E-state index in [0.29, 0.717) is 0 Å². The minimum Gasteiger partial charge on any atom is -0.455 e. The van der Waals surface area contributed by atoms with Crippen LogP contribution in [-0.2, 0) is 0 Å². The lowest BCUT2D eigenvalue weighted by Gasteiger charge is -2.07. The Balaban J connectivity index is 1.47. The van der Waals surface area contributed by atoms with Crippen LogP contribution in [0.3, 0.4) is 0 Å². The fourth-order valence-electron chi connectivity index (χ4n) is 4.58. The van der Waals surface area contributed by atoms with E-state index in [9.17, 15) is 0 Å². The molecule has 2 heteroatoms. The molecule has 2 nitrogen and oxygen atoms in total. The van der Waals surface area contributed by atoms with Crippen LogP contribution in [0.4, 0.5) is 0 Å². The standard InChI is InChI=1S/C32H25NO/c1-21(2)23-16-17-33-30(19-23)29-13-7-12-28-27-15-14-26(20-31(27)34-32(28)29)25-11-6-10-24(18-25)22-8-4-3-5-9-22/h3-21H,1-2H3/i21D. The van der Waals surface area contributed by atoms with Crippen LogP contribution in [0.1, 0.15) is 26.7 Å². The van der Waals surface area contributed by atoms with Gasteiger partial charge in [0.2, 0.25) is 0 Å². The maximum absolute atomic E-state index is 8.41. The predicted octanol–water partition coefficient (Wildman–Crippen LogP) is 9.11. The average molecular weight is 441 g/mol. The average Bonchev–Trinajstić information content (AvgIpc) is 3.27. The van der Waals surface area contributed by atoms with Crippen molar-refractivity contribution < 1.29 is 5.79 Å². The van der Waals surface area contributed by atoms with Gasteiger partial charge >= 0.3 is 0 Å². The van der Waals surface area contributed by atoms with Gasteiger partial charge in [0, 0.05) is 23.9 Å². The molecule has 2 heterocycles. The van der Waals surface area contributed by atoms with Crippen molar-refractivity contribution in [3.63, 3.8) is 0 Å². The molecule has 0 spiro atoms. The zero-order valence-corrected chi connectivity index (χ0v) is 19.2. The lowest BCUT2D eigenvalue weighted by atomic mass is 9.98. The lowest BCUT2D eigenvalue weighted by molar-refractivity contribution is 0.670. The Morgan fingerprint density at radius 3 is 2.24 bits per heavy atom. The van der Waals surface area contributed by atoms with Crippen LogP contribution in [0.25, 0.3) is 55.4 Å². The van der Waals surface area contributed by atoms with Crippen LogP contribution >= 0.6 is 0 Å². The van der Waals surface area contributed by atoms with E-state index in [2.05, 4.69) is 77.8 Å². The molecule has 0 aliphatic heterocycles. The third kappa shape index (κ3) is 3.58. The number of pyridine rings is 1. The Labute approximate surface area is 200 Å². The normalized spacial score (nSPS) is 12.2. The smallest absolute Gasteiger partial charge is 0.144 e. The highest BCUT2D eigenvalue weighted by Crippen LogP contribution is 2.37. The van der Waals surface area contributed by atoms with Gasteiger partial charge in [-0.25, -0.2) is 0 Å². The molecule has 0 aliphatic carbocycles. The van der Waals surface area contributed by atoms with E-state index in [1.165, 1.54) is 11.1 Å². The summed E-state index contributed by atoms with van der Waals surface area (Å²) >= 11 is 0. The van der Waals surface area contributed by atoms with Crippen molar-refractivity contribution in [2.45, 2.75) is 19.7 Å². The number of hydrogen-bond acceptors (Lipinski definition) is 2. The summed E-state index contributed by atoms with van der Waals surface area (Å²) in [5.41, 5.74) is 9.04. The van der Waals surface area contributed by atoms with Gasteiger partial charge in [0.05, 0.1) is 5.69 Å². The monoisotopic (exact) mass is 440 g/mol. The van der Waals surface area contributed by atoms with Crippen LogP contribution in [0.5, 0.6) is 0 Å². The van der Waals surface area contributed by atoms with Gasteiger partial charge in [0.15, 0.2) is 0 Å². The number of fused-ring (bicyclic) bond motifs is 3. The quantitative estimate of drug-likeness (QED) is 0.273. The Kier molecular flexibility index (Phi) is 4.72. The highest BCUT2D eigenvalue weighted by molar-refractivity contribution is 6.10. The summed E-state index contributed by atoms with van der Waals surface area (Å²) in [4.78, 5) is 4.60. The summed E-state index contributed by atoms with van der Waals surface area (Å²) in [5.74, 6) is -0.692. The van der Waals surface area contributed by atoms with Crippen LogP contribution in [-0.4, -0.2) is 4.98 Å². The molecule has 0 saturated heterocycles. The Morgan fingerprint density at radius 1 is 0.676 bits per heavy atom. The van der Waals surface area contributed by atoms with Crippen LogP contribution in [0.2, 0.25) is 0 Å². The first-order valence-electron chi connectivity index (χ1n) is 12.1. The lowest BCUT2D eigenvalue weighted by Crippen LogP contribution is -1.90. The third-order valence-corrected chi connectivity index (χ3v) is 6.42. The molecular formula is C32H25NO. The van der Waals surface area contributed by atoms with Gasteiger partial charge in [0.25, 0.3) is 0 Å². The number of nitrogens with zero attached hydrogens (tertiary/aromatic N) is 1. The van der Waals surface area contributed by atoms with Gasteiger partial charge in [-0.05, 0) is 70.1 Å². The van der Waals surface area contributed by atoms with Gasteiger partial charge in [0.1, 0.15) is 11.2 Å². The molecule has 0 radical (unpaired) electrons. The van der Waals surface area contributed by atoms with E-state index in [0.717, 1.165) is 49.9 Å². The summed E-state index contributed by atoms with van der Waals surface area (Å²) in [7, 11) is 0. The zero-order valence-electron chi connectivity index (χ0n) is 20.2. The molecule has 34 heavy (non-hydrogen) atoms. The second-order valence-electron chi connectivity index (χ2n) is 8.87. The molecular weight excluding hydrogens is 414 g/mol. The zero-order chi connectivity index (χ0) is 24.0. The van der Waals surface area contributed by atoms with E-state index in [1.54, 1.807) is 6.20 Å². The third-order valence-electron chi connectivity index (χ3n) is 6.42. The highest BCUT2D eigenvalue weighted by atomic mass is 16.3. The van der Waals surface area contributed by atoms with Gasteiger partial charge in [-0.3, -0.25) is 4.98 Å². The van der Waals surface area contributed by atoms with E-state index >= 15 is 0 Å². The Morgan fingerprint density at radius 2 is 1.41 bits per heavy atom. The van der Waals surface area contributed by atoms with Crippen LogP contribution in [0.15, 0.2) is 114 Å². The van der Waals surface area contributed by atoms with Gasteiger partial charge in [-0.1, -0.05) is 80.6 Å². The summed E-state index contributed by atoms with van der Waals surface area (Å²) in [6.45, 7) is 3.78. The van der Waals surface area contributed by atoms with Crippen molar-refractivity contribution in [1.82, 2.24) is 4.98 Å². The van der Waals surface area contributed by atoms with Crippen molar-refractivity contribution in [3.8, 4) is 33.5 Å². The number of benzene rings is 4. The van der Waals surface area contributed by atoms with Crippen LogP contribution in [0, 0.1) is 0 Å². The van der Waals surface area contributed by atoms with Gasteiger partial charge < -0.3 is 4.42 Å². The number of hydrogen-bond donors (Lipinski definition) is 0. The van der Waals surface area contributed by atoms with Crippen molar-refractivity contribution >= 4 is 21.9 Å². The Bertz CT molecular complexity index is 1680. The molecule has 0 amide bonds. The molecule has 164 valence electrons. The van der Waals surface area contributed by atoms with Gasteiger partial charge in [-0.2, -0.15) is 0 Å². The summed E-state index contributed by atoms with van der Waals surface area (Å²) in [6.07, 6.45) is 1.78. The maximum atomic E-state index is 8.41. The largest absolute Gasteiger partial charge is 0.455 e. The van der Waals surface area contributed by atoms with Crippen molar-refractivity contribution in [3.05, 3.63) is 115 Å². The van der Waals surface area contributed by atoms with E-state index in [-0.39, 0.29) is 0 Å². The van der Waals surface area contributed by atoms with E-state index in [1.807, 2.05) is 44.2 Å². The second-order valence-corrected chi connectivity index (χ2v) is 8.87. The summed E-state index contributed by atoms with van der Waals surface area (Å²) in [5, 5.41) is 2.15. The first-order valence-corrected chi connectivity index (χ1v) is 11.6. The number of aromatic nitrogens is 1. The topological polar surface area (TPSA) is 26.0 Å². The van der Waals surface area contributed by atoms with Crippen molar-refractivity contribution in [1.29, 1.82) is 0 Å². The van der Waals surface area contributed by atoms with Crippen LogP contribution < -0.4 is 0 Å². The SMILES string of the molecule is [2H]C(C)(C)c1ccnc(-c2cccc3c2oc2cc(-c4cccc(-c5ccccc5)c4)ccc23)c1. The molecule has 2 aromatic heterocycles.